The summed E-state index contributed by atoms with van der Waals surface area (Å²) in [6, 6.07) is 35.5. The van der Waals surface area contributed by atoms with Gasteiger partial charge >= 0.3 is 0 Å². The largest absolute Gasteiger partial charge is 0.458 e. The molecule has 0 radical (unpaired) electrons. The van der Waals surface area contributed by atoms with Gasteiger partial charge in [-0.05, 0) is 107 Å². The average molecular weight is 618 g/mol. The third-order valence-corrected chi connectivity index (χ3v) is 11.2. The van der Waals surface area contributed by atoms with E-state index in [0.29, 0.717) is 0 Å². The zero-order valence-electron chi connectivity index (χ0n) is 26.8. The highest BCUT2D eigenvalue weighted by atomic mass is 32.1. The van der Waals surface area contributed by atoms with Crippen LogP contribution in [0.4, 0.5) is 17.1 Å². The van der Waals surface area contributed by atoms with Gasteiger partial charge in [-0.1, -0.05) is 75.4 Å². The molecule has 1 aromatic heterocycles. The van der Waals surface area contributed by atoms with Crippen LogP contribution in [-0.2, 0) is 18.3 Å². The number of thiophene rings is 1. The summed E-state index contributed by atoms with van der Waals surface area (Å²) >= 11 is 1.87. The Morgan fingerprint density at radius 3 is 2.28 bits per heavy atom. The molecule has 3 heterocycles. The summed E-state index contributed by atoms with van der Waals surface area (Å²) in [4.78, 5) is 3.89. The second kappa shape index (κ2) is 10.3. The summed E-state index contributed by atoms with van der Waals surface area (Å²) in [7, 11) is 0. The van der Waals surface area contributed by atoms with E-state index in [2.05, 4.69) is 130 Å². The van der Waals surface area contributed by atoms with Crippen LogP contribution in [0.3, 0.4) is 0 Å². The number of hydrogen-bond donors (Lipinski definition) is 0. The highest BCUT2D eigenvalue weighted by molar-refractivity contribution is 7.17. The van der Waals surface area contributed by atoms with Crippen LogP contribution in [0.25, 0.3) is 10.8 Å². The van der Waals surface area contributed by atoms with E-state index in [9.17, 15) is 0 Å². The van der Waals surface area contributed by atoms with Gasteiger partial charge in [0.25, 0.3) is 6.71 Å². The Kier molecular flexibility index (Phi) is 6.21. The number of aryl methyl sites for hydroxylation is 2. The van der Waals surface area contributed by atoms with Crippen LogP contribution in [0.15, 0.2) is 97.1 Å². The zero-order chi connectivity index (χ0) is 31.2. The third kappa shape index (κ3) is 4.32. The molecule has 5 heteroatoms. The second-order valence-electron chi connectivity index (χ2n) is 14.1. The Morgan fingerprint density at radius 1 is 0.717 bits per heavy atom. The molecule has 0 N–H and O–H groups in total. The van der Waals surface area contributed by atoms with Crippen molar-refractivity contribution in [3.63, 3.8) is 0 Å². The van der Waals surface area contributed by atoms with Gasteiger partial charge in [0, 0.05) is 33.2 Å². The van der Waals surface area contributed by atoms with E-state index in [1.165, 1.54) is 56.0 Å². The molecular weight excluding hydrogens is 581 g/mol. The van der Waals surface area contributed by atoms with Gasteiger partial charge in [-0.15, -0.1) is 11.3 Å². The molecule has 3 nitrogen and oxygen atoms in total. The second-order valence-corrected chi connectivity index (χ2v) is 15.1. The van der Waals surface area contributed by atoms with Gasteiger partial charge in [-0.25, -0.2) is 0 Å². The number of fused-ring (bicyclic) bond motifs is 7. The van der Waals surface area contributed by atoms with Gasteiger partial charge in [0.15, 0.2) is 5.06 Å². The van der Waals surface area contributed by atoms with E-state index >= 15 is 0 Å². The first kappa shape index (κ1) is 27.8. The number of hydrogen-bond acceptors (Lipinski definition) is 4. The molecule has 0 amide bonds. The number of anilines is 3. The fourth-order valence-corrected chi connectivity index (χ4v) is 9.01. The molecule has 0 unspecified atom stereocenters. The normalized spacial score (nSPS) is 14.5. The predicted octanol–water partition coefficient (Wildman–Crippen LogP) is 9.58. The fraction of sp³-hybridized carbons (Fsp3) is 0.220. The smallest absolute Gasteiger partial charge is 0.262 e. The number of ether oxygens (including phenoxy) is 2. The molecule has 6 aromatic rings. The van der Waals surface area contributed by atoms with Crippen LogP contribution in [0, 0.1) is 6.92 Å². The van der Waals surface area contributed by atoms with Crippen molar-refractivity contribution >= 4 is 62.3 Å². The molecule has 0 fully saturated rings. The van der Waals surface area contributed by atoms with E-state index in [1.807, 2.05) is 11.3 Å². The molecule has 1 aliphatic carbocycles. The van der Waals surface area contributed by atoms with Crippen molar-refractivity contribution in [3.05, 3.63) is 119 Å². The molecule has 5 aromatic carbocycles. The van der Waals surface area contributed by atoms with Crippen LogP contribution < -0.4 is 30.8 Å². The molecular formula is C41H36BNO2S. The van der Waals surface area contributed by atoms with Crippen LogP contribution in [0.2, 0.25) is 0 Å². The first-order valence-electron chi connectivity index (χ1n) is 16.5. The van der Waals surface area contributed by atoms with Gasteiger partial charge in [0.1, 0.15) is 17.2 Å². The van der Waals surface area contributed by atoms with E-state index in [4.69, 9.17) is 9.47 Å². The Morgan fingerprint density at radius 2 is 1.46 bits per heavy atom. The first-order valence-corrected chi connectivity index (χ1v) is 17.3. The quantitative estimate of drug-likeness (QED) is 0.184. The highest BCUT2D eigenvalue weighted by Crippen LogP contribution is 2.44. The predicted molar refractivity (Wildman–Crippen MR) is 194 cm³/mol. The lowest BCUT2D eigenvalue weighted by Crippen LogP contribution is -2.58. The van der Waals surface area contributed by atoms with Crippen molar-refractivity contribution in [1.29, 1.82) is 0 Å². The molecule has 3 aliphatic rings. The molecule has 2 aliphatic heterocycles. The Hall–Kier alpha value is -4.48. The summed E-state index contributed by atoms with van der Waals surface area (Å²) in [5.74, 6) is 2.78. The van der Waals surface area contributed by atoms with Crippen LogP contribution in [-0.4, -0.2) is 6.71 Å². The first-order chi connectivity index (χ1) is 22.3. The van der Waals surface area contributed by atoms with Crippen LogP contribution in [0.1, 0.15) is 55.2 Å². The molecule has 0 saturated heterocycles. The number of rotatable bonds is 3. The fourth-order valence-electron chi connectivity index (χ4n) is 7.72. The lowest BCUT2D eigenvalue weighted by molar-refractivity contribution is 0.469. The topological polar surface area (TPSA) is 21.7 Å². The van der Waals surface area contributed by atoms with Gasteiger partial charge < -0.3 is 14.4 Å². The molecule has 0 bridgehead atoms. The molecule has 9 rings (SSSR count). The van der Waals surface area contributed by atoms with E-state index in [0.717, 1.165) is 57.8 Å². The summed E-state index contributed by atoms with van der Waals surface area (Å²) in [6.07, 6.45) is 4.79. The van der Waals surface area contributed by atoms with Gasteiger partial charge in [-0.2, -0.15) is 0 Å². The molecule has 0 atom stereocenters. The van der Waals surface area contributed by atoms with Gasteiger partial charge in [0.05, 0.1) is 5.69 Å². The van der Waals surface area contributed by atoms with Crippen molar-refractivity contribution in [2.45, 2.75) is 58.8 Å². The molecule has 46 heavy (non-hydrogen) atoms. The standard InChI is InChI=1S/C41H36BNO2S/c1-25-22-35-39-36(23-25)45-40-38(31-13-7-8-15-37(31)46-40)42(39)32-21-20-29(24-34(32)44-35)43(28-18-16-27(17-19-28)41(2,3)4)33-14-9-11-26-10-5-6-12-30(26)33/h5-6,9-12,14,16-24H,7-8,13,15H2,1-4H3. The number of benzene rings is 5. The lowest BCUT2D eigenvalue weighted by atomic mass is 9.34. The maximum absolute atomic E-state index is 6.85. The Labute approximate surface area is 275 Å². The highest BCUT2D eigenvalue weighted by Gasteiger charge is 2.44. The maximum Gasteiger partial charge on any atom is 0.262 e. The minimum atomic E-state index is 0.0796. The molecule has 0 saturated carbocycles. The minimum Gasteiger partial charge on any atom is -0.458 e. The van der Waals surface area contributed by atoms with Gasteiger partial charge in [-0.3, -0.25) is 0 Å². The molecule has 0 spiro atoms. The molecule has 226 valence electrons. The van der Waals surface area contributed by atoms with Crippen molar-refractivity contribution in [3.8, 4) is 22.3 Å². The average Bonchev–Trinajstić information content (AvgIpc) is 3.42. The van der Waals surface area contributed by atoms with Crippen LogP contribution in [0.5, 0.6) is 22.3 Å². The van der Waals surface area contributed by atoms with Crippen molar-refractivity contribution in [2.24, 2.45) is 0 Å². The Balaban J connectivity index is 1.24. The maximum atomic E-state index is 6.85. The zero-order valence-corrected chi connectivity index (χ0v) is 27.6. The van der Waals surface area contributed by atoms with Crippen LogP contribution >= 0.6 is 11.3 Å². The summed E-state index contributed by atoms with van der Waals surface area (Å²) in [5.41, 5.74) is 11.2. The van der Waals surface area contributed by atoms with Gasteiger partial charge in [0.2, 0.25) is 0 Å². The van der Waals surface area contributed by atoms with Crippen molar-refractivity contribution < 1.29 is 9.47 Å². The van der Waals surface area contributed by atoms with E-state index in [1.54, 1.807) is 0 Å². The monoisotopic (exact) mass is 617 g/mol. The van der Waals surface area contributed by atoms with Crippen molar-refractivity contribution in [2.75, 3.05) is 4.90 Å². The minimum absolute atomic E-state index is 0.0796. The summed E-state index contributed by atoms with van der Waals surface area (Å²) in [5, 5.41) is 3.52. The lowest BCUT2D eigenvalue weighted by Gasteiger charge is -2.34. The Bertz CT molecular complexity index is 2170. The number of nitrogens with zero attached hydrogens (tertiary/aromatic N) is 1. The summed E-state index contributed by atoms with van der Waals surface area (Å²) in [6.45, 7) is 9.04. The van der Waals surface area contributed by atoms with Crippen molar-refractivity contribution in [1.82, 2.24) is 0 Å². The van der Waals surface area contributed by atoms with E-state index in [-0.39, 0.29) is 12.1 Å². The third-order valence-electron chi connectivity index (χ3n) is 9.99. The summed E-state index contributed by atoms with van der Waals surface area (Å²) < 4.78 is 13.5. The van der Waals surface area contributed by atoms with E-state index < -0.39 is 0 Å². The SMILES string of the molecule is Cc1cc2c3c(c1)Oc1sc4c(c1B3c1ccc(N(c3ccc(C(C)(C)C)cc3)c3cccc5ccccc35)cc1O2)CCCC4.